The van der Waals surface area contributed by atoms with Crippen LogP contribution in [0.1, 0.15) is 34.7 Å². The van der Waals surface area contributed by atoms with Crippen LogP contribution in [-0.4, -0.2) is 51.1 Å². The van der Waals surface area contributed by atoms with Crippen molar-refractivity contribution in [3.05, 3.63) is 137 Å². The van der Waals surface area contributed by atoms with Gasteiger partial charge in [0.2, 0.25) is 5.91 Å². The van der Waals surface area contributed by atoms with E-state index in [9.17, 15) is 9.59 Å². The monoisotopic (exact) mass is 532 g/mol. The molecule has 2 N–H and O–H groups in total. The number of carboxylic acids is 1. The van der Waals surface area contributed by atoms with Gasteiger partial charge < -0.3 is 15.0 Å². The van der Waals surface area contributed by atoms with Gasteiger partial charge in [-0.2, -0.15) is 0 Å². The number of carbonyl (C=O) groups is 2. The van der Waals surface area contributed by atoms with Crippen LogP contribution in [0.25, 0.3) is 10.9 Å². The van der Waals surface area contributed by atoms with Crippen molar-refractivity contribution in [3.8, 4) is 0 Å². The van der Waals surface area contributed by atoms with Gasteiger partial charge in [0.05, 0.1) is 11.6 Å². The minimum atomic E-state index is -1.16. The van der Waals surface area contributed by atoms with E-state index in [0.29, 0.717) is 17.1 Å². The summed E-state index contributed by atoms with van der Waals surface area (Å²) in [6.45, 7) is 0. The van der Waals surface area contributed by atoms with Gasteiger partial charge in [0.1, 0.15) is 6.42 Å². The van der Waals surface area contributed by atoms with Gasteiger partial charge in [-0.05, 0) is 52.9 Å². The van der Waals surface area contributed by atoms with Gasteiger partial charge in [-0.1, -0.05) is 90.5 Å². The first-order chi connectivity index (χ1) is 18.0. The number of benzene rings is 4. The van der Waals surface area contributed by atoms with E-state index in [-0.39, 0.29) is 35.6 Å². The van der Waals surface area contributed by atoms with E-state index in [1.807, 2.05) is 36.4 Å². The zero-order chi connectivity index (χ0) is 25.8. The van der Waals surface area contributed by atoms with E-state index in [1.54, 1.807) is 12.1 Å². The van der Waals surface area contributed by atoms with E-state index in [2.05, 4.69) is 70.7 Å². The molecule has 1 amide bonds. The fourth-order valence-electron chi connectivity index (χ4n) is 4.70. The average Bonchev–Trinajstić information content (AvgIpc) is 3.23. The van der Waals surface area contributed by atoms with Crippen molar-refractivity contribution in [1.29, 1.82) is 0 Å². The molecule has 38 heavy (non-hydrogen) atoms. The number of aliphatic carboxylic acids is 1. The molecule has 7 heteroatoms. The van der Waals surface area contributed by atoms with E-state index in [1.165, 1.54) is 11.1 Å². The first kappa shape index (κ1) is 27.7. The molecule has 1 heterocycles. The molecule has 1 aromatic heterocycles. The molecule has 5 aromatic rings. The zero-order valence-corrected chi connectivity index (χ0v) is 20.7. The number of anilines is 1. The van der Waals surface area contributed by atoms with Crippen molar-refractivity contribution in [2.75, 3.05) is 5.32 Å². The molecule has 0 saturated carbocycles. The maximum atomic E-state index is 11.8. The summed E-state index contributed by atoms with van der Waals surface area (Å²) in [5.41, 5.74) is 6.21. The number of fused-ring (bicyclic) bond motifs is 1. The Balaban J connectivity index is 0.00000336. The molecule has 0 aliphatic rings. The van der Waals surface area contributed by atoms with Crippen LogP contribution < -0.4 is 5.32 Å². The molecule has 5 nitrogen and oxygen atoms in total. The summed E-state index contributed by atoms with van der Waals surface area (Å²) in [4.78, 5) is 22.5. The Kier molecular flexibility index (Phi) is 9.08. The average molecular weight is 533 g/mol. The number of rotatable bonds is 8. The normalized spacial score (nSPS) is 10.8. The predicted octanol–water partition coefficient (Wildman–Crippen LogP) is 6.29. The first-order valence-electron chi connectivity index (χ1n) is 12.0. The van der Waals surface area contributed by atoms with Gasteiger partial charge in [-0.3, -0.25) is 9.59 Å². The Bertz CT molecular complexity index is 1510. The van der Waals surface area contributed by atoms with Crippen molar-refractivity contribution in [2.24, 2.45) is 0 Å². The van der Waals surface area contributed by atoms with E-state index in [4.69, 9.17) is 16.7 Å². The standard InChI is InChI=1S/C31H25ClN2O3.Na.H/c32-25-13-16-27-24(17-21-11-14-26(15-12-21)33-29(35)19-30(36)37)20-34(28(27)18-25)31(22-7-3-1-4-8-22)23-9-5-2-6-10-23;;/h1-16,18,20,31H,17,19H2,(H,33,35)(H,36,37);;. The van der Waals surface area contributed by atoms with Crippen molar-refractivity contribution in [2.45, 2.75) is 18.9 Å². The van der Waals surface area contributed by atoms with Crippen LogP contribution in [0.3, 0.4) is 0 Å². The number of halogens is 1. The Morgan fingerprint density at radius 1 is 0.842 bits per heavy atom. The topological polar surface area (TPSA) is 71.3 Å². The molecule has 0 saturated heterocycles. The molecular weight excluding hydrogens is 507 g/mol. The number of hydrogen-bond donors (Lipinski definition) is 2. The second-order valence-corrected chi connectivity index (χ2v) is 9.38. The fraction of sp³-hybridized carbons (Fsp3) is 0.0968. The predicted molar refractivity (Wildman–Crippen MR) is 154 cm³/mol. The molecule has 0 radical (unpaired) electrons. The molecule has 0 unspecified atom stereocenters. The molecule has 0 atom stereocenters. The molecular formula is C31H26ClN2NaO3. The van der Waals surface area contributed by atoms with Gasteiger partial charge >= 0.3 is 35.5 Å². The number of nitrogens with one attached hydrogen (secondary N) is 1. The Labute approximate surface area is 248 Å². The summed E-state index contributed by atoms with van der Waals surface area (Å²) in [5, 5.41) is 13.2. The van der Waals surface area contributed by atoms with E-state index in [0.717, 1.165) is 22.0 Å². The third-order valence-corrected chi connectivity index (χ3v) is 6.57. The van der Waals surface area contributed by atoms with Crippen LogP contribution in [0.4, 0.5) is 5.69 Å². The van der Waals surface area contributed by atoms with Crippen LogP contribution in [0.5, 0.6) is 0 Å². The van der Waals surface area contributed by atoms with Crippen LogP contribution >= 0.6 is 11.6 Å². The summed E-state index contributed by atoms with van der Waals surface area (Å²) in [5.74, 6) is -1.71. The van der Waals surface area contributed by atoms with Crippen molar-refractivity contribution < 1.29 is 14.7 Å². The van der Waals surface area contributed by atoms with Crippen molar-refractivity contribution in [3.63, 3.8) is 0 Å². The number of carboxylic acid groups (broad SMARTS) is 1. The Morgan fingerprint density at radius 3 is 2.03 bits per heavy atom. The SMILES string of the molecule is O=C(O)CC(=O)Nc1ccc(Cc2cn(C(c3ccccc3)c3ccccc3)c3cc(Cl)ccc23)cc1.[NaH]. The molecule has 0 fully saturated rings. The molecule has 0 bridgehead atoms. The quantitative estimate of drug-likeness (QED) is 0.182. The van der Waals surface area contributed by atoms with Gasteiger partial charge in [0.15, 0.2) is 0 Å². The molecule has 4 aromatic carbocycles. The number of carbonyl (C=O) groups excluding carboxylic acids is 1. The maximum absolute atomic E-state index is 11.8. The third kappa shape index (κ3) is 6.37. The van der Waals surface area contributed by atoms with Crippen molar-refractivity contribution >= 4 is 69.6 Å². The van der Waals surface area contributed by atoms with Crippen molar-refractivity contribution in [1.82, 2.24) is 4.57 Å². The number of nitrogens with zero attached hydrogens (tertiary/aromatic N) is 1. The summed E-state index contributed by atoms with van der Waals surface area (Å²) >= 11 is 6.46. The van der Waals surface area contributed by atoms with E-state index < -0.39 is 18.3 Å². The summed E-state index contributed by atoms with van der Waals surface area (Å²) in [6.07, 6.45) is 2.33. The molecule has 0 aliphatic heterocycles. The summed E-state index contributed by atoms with van der Waals surface area (Å²) in [7, 11) is 0. The van der Waals surface area contributed by atoms with Crippen LogP contribution in [0.2, 0.25) is 5.02 Å². The van der Waals surface area contributed by atoms with Gasteiger partial charge in [-0.15, -0.1) is 0 Å². The summed E-state index contributed by atoms with van der Waals surface area (Å²) in [6, 6.07) is 34.3. The number of aromatic nitrogens is 1. The second-order valence-electron chi connectivity index (χ2n) is 8.94. The molecule has 0 aliphatic carbocycles. The Hall–Kier alpha value is -3.35. The summed E-state index contributed by atoms with van der Waals surface area (Å²) < 4.78 is 2.29. The second kappa shape index (κ2) is 12.5. The zero-order valence-electron chi connectivity index (χ0n) is 20.0. The van der Waals surface area contributed by atoms with Gasteiger partial charge in [-0.25, -0.2) is 0 Å². The fourth-order valence-corrected chi connectivity index (χ4v) is 4.87. The molecule has 186 valence electrons. The molecule has 0 spiro atoms. The van der Waals surface area contributed by atoms with Gasteiger partial charge in [0, 0.05) is 22.3 Å². The number of hydrogen-bond acceptors (Lipinski definition) is 2. The Morgan fingerprint density at radius 2 is 1.45 bits per heavy atom. The van der Waals surface area contributed by atoms with E-state index >= 15 is 0 Å². The van der Waals surface area contributed by atoms with Crippen LogP contribution in [0.15, 0.2) is 109 Å². The van der Waals surface area contributed by atoms with Gasteiger partial charge in [0.25, 0.3) is 0 Å². The van der Waals surface area contributed by atoms with Crippen LogP contribution in [0, 0.1) is 0 Å². The molecule has 5 rings (SSSR count). The van der Waals surface area contributed by atoms with Crippen LogP contribution in [-0.2, 0) is 16.0 Å². The third-order valence-electron chi connectivity index (χ3n) is 6.33. The first-order valence-corrected chi connectivity index (χ1v) is 12.3. The number of amides is 1. The minimum absolute atomic E-state index is 0.